The molecule has 12 rings (SSSR count). The van der Waals surface area contributed by atoms with E-state index in [9.17, 15) is 14.4 Å². The van der Waals surface area contributed by atoms with E-state index in [1.54, 1.807) is 11.5 Å². The van der Waals surface area contributed by atoms with Crippen LogP contribution in [0, 0.1) is 0 Å². The molecule has 2 atom stereocenters. The van der Waals surface area contributed by atoms with Crippen molar-refractivity contribution in [1.29, 1.82) is 0 Å². The van der Waals surface area contributed by atoms with E-state index in [-0.39, 0.29) is 35.2 Å². The molecule has 1 saturated heterocycles. The van der Waals surface area contributed by atoms with Gasteiger partial charge in [0, 0.05) is 44.1 Å². The summed E-state index contributed by atoms with van der Waals surface area (Å²) < 4.78 is 11.6. The topological polar surface area (TPSA) is 149 Å². The van der Waals surface area contributed by atoms with E-state index in [0.717, 1.165) is 44.5 Å². The van der Waals surface area contributed by atoms with Gasteiger partial charge in [0.15, 0.2) is 16.9 Å². The van der Waals surface area contributed by atoms with E-state index in [2.05, 4.69) is 47.0 Å². The molecular weight excluding hydrogens is 1090 g/mol. The standard InChI is InChI=1S/C68H53N5O7S3/c74-61(70-58-62(75)73-59(56(45-82-63(58)73)81-43-48-41-42-78-64(48)76)65(77)79-60(46-25-9-1-10-26-46)47-27-11-2-12-28-47)57(72-80-68(52-35-19-6-20-36-52,53-37-21-7-22-38-53)54-39-23-8-24-40-54)55-44-83-66(69-55)71-67(49-29-13-3-14-30-49,50-31-15-4-16-32-50)51-33-17-5-18-34-51/h1-41,44,58,60,63H,42-43,45H2,(H,69,71)(H,70,74)/b72-57-/t58-,63+/m1/s1. The Labute approximate surface area is 492 Å². The summed E-state index contributed by atoms with van der Waals surface area (Å²) in [6, 6.07) is 77.1. The molecule has 1 aromatic heterocycles. The first kappa shape index (κ1) is 54.3. The van der Waals surface area contributed by atoms with Gasteiger partial charge >= 0.3 is 11.9 Å². The maximum atomic E-state index is 15.6. The molecule has 2 amide bonds. The minimum atomic E-state index is -1.39. The second kappa shape index (κ2) is 24.4. The highest BCUT2D eigenvalue weighted by Crippen LogP contribution is 2.46. The summed E-state index contributed by atoms with van der Waals surface area (Å²) in [5.41, 5.74) is 4.68. The number of fused-ring (bicyclic) bond motifs is 1. The number of benzene rings is 8. The molecule has 0 spiro atoms. The number of oxime groups is 1. The van der Waals surface area contributed by atoms with E-state index in [4.69, 9.17) is 24.5 Å². The number of thioether (sulfide) groups is 2. The number of β-lactam (4-membered cyclic amide) rings is 1. The van der Waals surface area contributed by atoms with Crippen molar-refractivity contribution in [3.05, 3.63) is 320 Å². The van der Waals surface area contributed by atoms with Crippen LogP contribution in [0.15, 0.2) is 275 Å². The number of hydrogen-bond donors (Lipinski definition) is 2. The summed E-state index contributed by atoms with van der Waals surface area (Å²) in [7, 11) is 0. The van der Waals surface area contributed by atoms with Gasteiger partial charge in [0.1, 0.15) is 35.0 Å². The molecule has 410 valence electrons. The number of ether oxygens (including phenoxy) is 2. The monoisotopic (exact) mass is 1150 g/mol. The number of thiazole rings is 1. The molecule has 4 heterocycles. The summed E-state index contributed by atoms with van der Waals surface area (Å²) in [6.07, 6.45) is 0.897. The number of nitrogens with zero attached hydrogens (tertiary/aromatic N) is 3. The molecule has 0 aliphatic carbocycles. The van der Waals surface area contributed by atoms with Crippen LogP contribution in [-0.2, 0) is 44.6 Å². The fourth-order valence-corrected chi connectivity index (χ4v) is 14.1. The van der Waals surface area contributed by atoms with Crippen molar-refractivity contribution in [3.63, 3.8) is 0 Å². The molecule has 3 aliphatic rings. The van der Waals surface area contributed by atoms with Crippen LogP contribution in [0.25, 0.3) is 0 Å². The van der Waals surface area contributed by atoms with Crippen molar-refractivity contribution in [2.24, 2.45) is 5.16 Å². The van der Waals surface area contributed by atoms with E-state index < -0.39 is 52.4 Å². The zero-order valence-corrected chi connectivity index (χ0v) is 47.0. The summed E-state index contributed by atoms with van der Waals surface area (Å²) in [5, 5.41) is 13.2. The van der Waals surface area contributed by atoms with Crippen LogP contribution in [0.4, 0.5) is 5.13 Å². The van der Waals surface area contributed by atoms with Crippen LogP contribution in [-0.4, -0.2) is 68.9 Å². The van der Waals surface area contributed by atoms with Crippen LogP contribution in [0.2, 0.25) is 0 Å². The molecule has 0 radical (unpaired) electrons. The Kier molecular flexibility index (Phi) is 16.0. The van der Waals surface area contributed by atoms with Gasteiger partial charge in [-0.2, -0.15) is 0 Å². The highest BCUT2D eigenvalue weighted by Gasteiger charge is 2.55. The summed E-state index contributed by atoms with van der Waals surface area (Å²) >= 11 is 3.96. The van der Waals surface area contributed by atoms with Gasteiger partial charge in [-0.1, -0.05) is 248 Å². The number of aromatic nitrogens is 1. The van der Waals surface area contributed by atoms with Gasteiger partial charge in [-0.05, 0) is 33.9 Å². The third kappa shape index (κ3) is 10.9. The highest BCUT2D eigenvalue weighted by molar-refractivity contribution is 8.06. The Morgan fingerprint density at radius 3 is 1.57 bits per heavy atom. The van der Waals surface area contributed by atoms with Gasteiger partial charge in [0.2, 0.25) is 5.60 Å². The Hall–Kier alpha value is -9.28. The Balaban J connectivity index is 0.932. The molecular formula is C68H53N5O7S3. The zero-order chi connectivity index (χ0) is 56.6. The van der Waals surface area contributed by atoms with Crippen molar-refractivity contribution in [1.82, 2.24) is 15.2 Å². The molecule has 15 heteroatoms. The lowest BCUT2D eigenvalue weighted by Gasteiger charge is -2.49. The molecule has 83 heavy (non-hydrogen) atoms. The number of anilines is 1. The predicted molar refractivity (Wildman–Crippen MR) is 326 cm³/mol. The zero-order valence-electron chi connectivity index (χ0n) is 44.5. The molecule has 8 aromatic carbocycles. The third-order valence-electron chi connectivity index (χ3n) is 14.7. The summed E-state index contributed by atoms with van der Waals surface area (Å²) in [5.74, 6) is -1.96. The maximum absolute atomic E-state index is 15.6. The van der Waals surface area contributed by atoms with Crippen LogP contribution in [0.5, 0.6) is 0 Å². The molecule has 0 bridgehead atoms. The smallest absolute Gasteiger partial charge is 0.356 e. The normalized spacial score (nSPS) is 16.1. The van der Waals surface area contributed by atoms with E-state index in [1.807, 2.05) is 206 Å². The molecule has 3 aliphatic heterocycles. The van der Waals surface area contributed by atoms with Crippen molar-refractivity contribution < 1.29 is 33.5 Å². The van der Waals surface area contributed by atoms with Crippen molar-refractivity contribution in [2.45, 2.75) is 28.7 Å². The fourth-order valence-electron chi connectivity index (χ4n) is 10.7. The van der Waals surface area contributed by atoms with Crippen LogP contribution in [0.1, 0.15) is 56.3 Å². The van der Waals surface area contributed by atoms with Crippen LogP contribution < -0.4 is 10.6 Å². The molecule has 1 fully saturated rings. The molecule has 9 aromatic rings. The number of carbonyl (C=O) groups excluding carboxylic acids is 4. The van der Waals surface area contributed by atoms with Crippen molar-refractivity contribution >= 4 is 69.5 Å². The first-order valence-corrected chi connectivity index (χ1v) is 29.8. The van der Waals surface area contributed by atoms with Crippen LogP contribution >= 0.6 is 34.9 Å². The van der Waals surface area contributed by atoms with Gasteiger partial charge < -0.3 is 24.9 Å². The average molecular weight is 1150 g/mol. The van der Waals surface area contributed by atoms with Gasteiger partial charge in [-0.3, -0.25) is 14.5 Å². The van der Waals surface area contributed by atoms with Crippen molar-refractivity contribution in [3.8, 4) is 0 Å². The second-order valence-electron chi connectivity index (χ2n) is 19.7. The summed E-state index contributed by atoms with van der Waals surface area (Å²) in [6.45, 7) is 0.165. The van der Waals surface area contributed by atoms with E-state index >= 15 is 4.79 Å². The number of carbonyl (C=O) groups is 4. The van der Waals surface area contributed by atoms with E-state index in [0.29, 0.717) is 15.6 Å². The lowest BCUT2D eigenvalue weighted by Crippen LogP contribution is -2.71. The van der Waals surface area contributed by atoms with Crippen molar-refractivity contribution in [2.75, 3.05) is 23.4 Å². The lowest BCUT2D eigenvalue weighted by atomic mass is 9.77. The van der Waals surface area contributed by atoms with Gasteiger partial charge in [-0.15, -0.1) is 34.9 Å². The average Bonchev–Trinajstić information content (AvgIpc) is 2.73. The molecule has 12 nitrogen and oxygen atoms in total. The minimum Gasteiger partial charge on any atom is -0.458 e. The molecule has 0 unspecified atom stereocenters. The predicted octanol–water partition coefficient (Wildman–Crippen LogP) is 12.4. The number of esters is 2. The molecule has 0 saturated carbocycles. The molecule has 2 N–H and O–H groups in total. The first-order chi connectivity index (χ1) is 40.8. The maximum Gasteiger partial charge on any atom is 0.356 e. The largest absolute Gasteiger partial charge is 0.458 e. The number of hydrogen-bond acceptors (Lipinski definition) is 13. The SMILES string of the molecule is O=C1OCC=C1CSC1=C(C(=O)OC(c2ccccc2)c2ccccc2)N2C(=O)[C@@H](NC(=O)/C(=N\OC(c3ccccc3)(c3ccccc3)c3ccccc3)c3csc(NC(c4ccccc4)(c4ccccc4)c4ccccc4)n3)[C@@H]2SC1. The second-order valence-corrected chi connectivity index (χ2v) is 22.7. The van der Waals surface area contributed by atoms with E-state index in [1.165, 1.54) is 39.8 Å². The number of amides is 2. The number of nitrogens with one attached hydrogen (secondary N) is 2. The number of rotatable bonds is 20. The fraction of sp³-hybridized carbons (Fsp3) is 0.118. The minimum absolute atomic E-state index is 0.0441. The quantitative estimate of drug-likeness (QED) is 0.0247. The lowest BCUT2D eigenvalue weighted by molar-refractivity contribution is -0.154. The Bertz CT molecular complexity index is 3620. The number of cyclic esters (lactones) is 1. The Morgan fingerprint density at radius 2 is 1.11 bits per heavy atom. The third-order valence-corrected chi connectivity index (χ3v) is 18.1. The van der Waals surface area contributed by atoms with Gasteiger partial charge in [0.25, 0.3) is 11.8 Å². The van der Waals surface area contributed by atoms with Crippen LogP contribution in [0.3, 0.4) is 0 Å². The Morgan fingerprint density at radius 1 is 0.651 bits per heavy atom. The summed E-state index contributed by atoms with van der Waals surface area (Å²) in [4.78, 5) is 72.3. The van der Waals surface area contributed by atoms with Gasteiger partial charge in [-0.25, -0.2) is 14.6 Å². The highest BCUT2D eigenvalue weighted by atomic mass is 32.2. The van der Waals surface area contributed by atoms with Gasteiger partial charge in [0.05, 0.1) is 0 Å². The first-order valence-electron chi connectivity index (χ1n) is 26.9.